The summed E-state index contributed by atoms with van der Waals surface area (Å²) >= 11 is 0. The molecule has 1 fully saturated rings. The first-order chi connectivity index (χ1) is 19.6. The van der Waals surface area contributed by atoms with Gasteiger partial charge in [-0.05, 0) is 17.7 Å². The molecule has 0 radical (unpaired) electrons. The highest BCUT2D eigenvalue weighted by Gasteiger charge is 2.37. The molecule has 1 saturated heterocycles. The Morgan fingerprint density at radius 1 is 1.20 bits per heavy atom. The van der Waals surface area contributed by atoms with E-state index in [0.717, 1.165) is 16.5 Å². The van der Waals surface area contributed by atoms with E-state index in [0.29, 0.717) is 56.6 Å². The lowest BCUT2D eigenvalue weighted by Crippen LogP contribution is -2.24. The summed E-state index contributed by atoms with van der Waals surface area (Å²) in [4.78, 5) is 21.4. The number of aromatic amines is 1. The normalized spacial score (nSPS) is 22.0. The van der Waals surface area contributed by atoms with Crippen LogP contribution in [-0.2, 0) is 4.74 Å². The van der Waals surface area contributed by atoms with Gasteiger partial charge in [-0.15, -0.1) is 0 Å². The van der Waals surface area contributed by atoms with E-state index in [2.05, 4.69) is 19.9 Å². The number of aliphatic imine (C=N–C) groups is 1. The number of imidazole rings is 1. The fourth-order valence-corrected chi connectivity index (χ4v) is 5.85. The SMILES string of the molecule is COc1cccc2c1C(=Nc1ncnc3c1ncn3C1CC(O)C(CO)O1)c1[nH]c(O)c3cc4c(c-2c13)OCO4. The second-order valence-corrected chi connectivity index (χ2v) is 9.74. The van der Waals surface area contributed by atoms with Crippen LogP contribution in [0, 0.1) is 0 Å². The van der Waals surface area contributed by atoms with Crippen LogP contribution < -0.4 is 14.2 Å². The van der Waals surface area contributed by atoms with Gasteiger partial charge in [-0.2, -0.15) is 0 Å². The first-order valence-electron chi connectivity index (χ1n) is 12.6. The Morgan fingerprint density at radius 3 is 2.92 bits per heavy atom. The standard InChI is InChI=1S/C27H22N6O7/c1-37-14-4-2-3-11-18(14)21(22-19-12(27(36)32-22)5-15-24(20(11)19)39-10-38-15)31-25-23-26(29-8-28-25)33(9-30-23)17-6-13(35)16(7-34)40-17/h2-5,8-9,13,16-17,32,34-36H,6-7,10H2,1H3. The Labute approximate surface area is 225 Å². The van der Waals surface area contributed by atoms with Crippen molar-refractivity contribution in [1.29, 1.82) is 0 Å². The summed E-state index contributed by atoms with van der Waals surface area (Å²) in [5.74, 6) is 1.96. The van der Waals surface area contributed by atoms with Crippen molar-refractivity contribution in [2.24, 2.45) is 4.99 Å². The Morgan fingerprint density at radius 2 is 2.10 bits per heavy atom. The van der Waals surface area contributed by atoms with Gasteiger partial charge in [0.05, 0.1) is 37.4 Å². The summed E-state index contributed by atoms with van der Waals surface area (Å²) in [6.45, 7) is -0.212. The van der Waals surface area contributed by atoms with Crippen LogP contribution >= 0.6 is 0 Å². The summed E-state index contributed by atoms with van der Waals surface area (Å²) in [6.07, 6.45) is 1.17. The molecule has 0 saturated carbocycles. The predicted molar refractivity (Wildman–Crippen MR) is 140 cm³/mol. The van der Waals surface area contributed by atoms with Crippen molar-refractivity contribution in [3.05, 3.63) is 48.2 Å². The molecule has 0 spiro atoms. The third-order valence-electron chi connectivity index (χ3n) is 7.65. The van der Waals surface area contributed by atoms with Crippen molar-refractivity contribution < 1.29 is 34.3 Å². The second-order valence-electron chi connectivity index (χ2n) is 9.74. The first-order valence-corrected chi connectivity index (χ1v) is 12.6. The number of aliphatic hydroxyl groups is 2. The molecule has 5 heterocycles. The lowest BCUT2D eigenvalue weighted by Gasteiger charge is -2.22. The molecule has 8 rings (SSSR count). The van der Waals surface area contributed by atoms with Crippen LogP contribution in [0.25, 0.3) is 33.1 Å². The molecule has 4 N–H and O–H groups in total. The molecule has 0 amide bonds. The zero-order valence-electron chi connectivity index (χ0n) is 21.0. The topological polar surface area (TPSA) is 169 Å². The minimum absolute atomic E-state index is 0.0310. The molecular weight excluding hydrogens is 520 g/mol. The molecular formula is C27H22N6O7. The third kappa shape index (κ3) is 3.07. The maximum absolute atomic E-state index is 10.9. The summed E-state index contributed by atoms with van der Waals surface area (Å²) in [5, 5.41) is 32.0. The number of aromatic hydroxyl groups is 1. The number of aliphatic hydroxyl groups excluding tert-OH is 2. The van der Waals surface area contributed by atoms with Gasteiger partial charge in [-0.1, -0.05) is 12.1 Å². The van der Waals surface area contributed by atoms with E-state index in [4.69, 9.17) is 23.9 Å². The van der Waals surface area contributed by atoms with E-state index < -0.39 is 18.4 Å². The molecule has 0 bridgehead atoms. The summed E-state index contributed by atoms with van der Waals surface area (Å²) in [6, 6.07) is 7.42. The van der Waals surface area contributed by atoms with Crippen LogP contribution in [0.3, 0.4) is 0 Å². The third-order valence-corrected chi connectivity index (χ3v) is 7.65. The van der Waals surface area contributed by atoms with Crippen LogP contribution in [-0.4, -0.2) is 78.3 Å². The molecule has 1 aliphatic carbocycles. The number of aromatic nitrogens is 5. The molecule has 40 heavy (non-hydrogen) atoms. The van der Waals surface area contributed by atoms with Crippen LogP contribution in [0.4, 0.5) is 5.82 Å². The molecule has 3 aromatic heterocycles. The molecule has 3 unspecified atom stereocenters. The van der Waals surface area contributed by atoms with E-state index in [-0.39, 0.29) is 25.7 Å². The van der Waals surface area contributed by atoms with Crippen molar-refractivity contribution in [3.63, 3.8) is 0 Å². The molecule has 13 heteroatoms. The lowest BCUT2D eigenvalue weighted by atomic mass is 9.84. The minimum atomic E-state index is -0.806. The Kier molecular flexibility index (Phi) is 4.86. The average molecular weight is 543 g/mol. The fraction of sp³-hybridized carbons (Fsp3) is 0.259. The number of methoxy groups -OCH3 is 1. The zero-order chi connectivity index (χ0) is 27.1. The van der Waals surface area contributed by atoms with E-state index in [1.165, 1.54) is 6.33 Å². The van der Waals surface area contributed by atoms with E-state index in [1.54, 1.807) is 24.1 Å². The number of fused-ring (bicyclic) bond motifs is 5. The van der Waals surface area contributed by atoms with Crippen molar-refractivity contribution in [3.8, 4) is 34.3 Å². The highest BCUT2D eigenvalue weighted by Crippen LogP contribution is 2.54. The molecule has 3 aliphatic rings. The number of nitrogens with zero attached hydrogens (tertiary/aromatic N) is 5. The average Bonchev–Trinajstić information content (AvgIpc) is 3.76. The minimum Gasteiger partial charge on any atom is -0.496 e. The molecule has 202 valence electrons. The summed E-state index contributed by atoms with van der Waals surface area (Å²) in [5.41, 5.74) is 4.20. The molecule has 5 aromatic rings. The van der Waals surface area contributed by atoms with Gasteiger partial charge in [0.2, 0.25) is 6.79 Å². The highest BCUT2D eigenvalue weighted by molar-refractivity contribution is 6.30. The monoisotopic (exact) mass is 542 g/mol. The van der Waals surface area contributed by atoms with Crippen molar-refractivity contribution >= 4 is 33.5 Å². The maximum atomic E-state index is 10.9. The van der Waals surface area contributed by atoms with Crippen molar-refractivity contribution in [1.82, 2.24) is 24.5 Å². The Hall–Kier alpha value is -4.72. The number of nitrogens with one attached hydrogen (secondary N) is 1. The van der Waals surface area contributed by atoms with Crippen molar-refractivity contribution in [2.75, 3.05) is 20.5 Å². The molecule has 13 nitrogen and oxygen atoms in total. The van der Waals surface area contributed by atoms with Gasteiger partial charge in [-0.3, -0.25) is 4.57 Å². The highest BCUT2D eigenvalue weighted by atomic mass is 16.7. The quantitative estimate of drug-likeness (QED) is 0.260. The Balaban J connectivity index is 1.36. The fourth-order valence-electron chi connectivity index (χ4n) is 5.85. The Bertz CT molecular complexity index is 1880. The van der Waals surface area contributed by atoms with Gasteiger partial charge in [0.1, 0.15) is 30.1 Å². The molecule has 2 aliphatic heterocycles. The zero-order valence-corrected chi connectivity index (χ0v) is 21.0. The second kappa shape index (κ2) is 8.39. The number of hydrogen-bond donors (Lipinski definition) is 4. The van der Waals surface area contributed by atoms with Gasteiger partial charge in [0, 0.05) is 22.8 Å². The van der Waals surface area contributed by atoms with E-state index >= 15 is 0 Å². The van der Waals surface area contributed by atoms with Gasteiger partial charge in [0.25, 0.3) is 0 Å². The van der Waals surface area contributed by atoms with Gasteiger partial charge < -0.3 is 39.3 Å². The van der Waals surface area contributed by atoms with Crippen LogP contribution in [0.2, 0.25) is 0 Å². The van der Waals surface area contributed by atoms with Gasteiger partial charge in [-0.25, -0.2) is 19.9 Å². The lowest BCUT2D eigenvalue weighted by molar-refractivity contribution is -0.0432. The first kappa shape index (κ1) is 23.2. The van der Waals surface area contributed by atoms with Crippen LogP contribution in [0.5, 0.6) is 23.1 Å². The molecule has 2 aromatic carbocycles. The van der Waals surface area contributed by atoms with Crippen LogP contribution in [0.1, 0.15) is 23.9 Å². The maximum Gasteiger partial charge on any atom is 0.231 e. The molecule has 3 atom stereocenters. The number of ether oxygens (including phenoxy) is 4. The number of rotatable bonds is 4. The largest absolute Gasteiger partial charge is 0.496 e. The van der Waals surface area contributed by atoms with Gasteiger partial charge >= 0.3 is 0 Å². The number of benzene rings is 2. The number of H-pyrrole nitrogens is 1. The summed E-state index contributed by atoms with van der Waals surface area (Å²) < 4.78 is 24.8. The van der Waals surface area contributed by atoms with Crippen LogP contribution in [0.15, 0.2) is 41.9 Å². The van der Waals surface area contributed by atoms with Crippen molar-refractivity contribution in [2.45, 2.75) is 24.9 Å². The van der Waals surface area contributed by atoms with Gasteiger partial charge in [0.15, 0.2) is 34.4 Å². The van der Waals surface area contributed by atoms with E-state index in [9.17, 15) is 15.3 Å². The predicted octanol–water partition coefficient (Wildman–Crippen LogP) is 2.54. The number of hydrogen-bond acceptors (Lipinski definition) is 11. The summed E-state index contributed by atoms with van der Waals surface area (Å²) in [7, 11) is 1.58. The smallest absolute Gasteiger partial charge is 0.231 e. The van der Waals surface area contributed by atoms with E-state index in [1.807, 2.05) is 18.2 Å².